The first-order valence-corrected chi connectivity index (χ1v) is 13.8. The molecule has 0 fully saturated rings. The molecule has 0 radical (unpaired) electrons. The van der Waals surface area contributed by atoms with E-state index in [0.717, 1.165) is 24.8 Å². The van der Waals surface area contributed by atoms with Crippen LogP contribution in [-0.4, -0.2) is 37.9 Å². The minimum absolute atomic E-state index is 0.136. The summed E-state index contributed by atoms with van der Waals surface area (Å²) in [7, 11) is -3.13. The van der Waals surface area contributed by atoms with Crippen LogP contribution in [0.5, 0.6) is 5.75 Å². The van der Waals surface area contributed by atoms with Gasteiger partial charge in [-0.15, -0.1) is 0 Å². The molecule has 1 unspecified atom stereocenters. The Bertz CT molecular complexity index is 678. The number of aromatic hydroxyl groups is 1. The van der Waals surface area contributed by atoms with E-state index < -0.39 is 20.3 Å². The van der Waals surface area contributed by atoms with Crippen LogP contribution in [0.2, 0.25) is 0 Å². The molecule has 5 N–H and O–H groups in total. The Morgan fingerprint density at radius 3 is 1.65 bits per heavy atom. The zero-order valence-electron chi connectivity index (χ0n) is 20.5. The number of phenolic OH excluding ortho intramolecular Hbond substituents is 1. The third-order valence-corrected chi connectivity index (χ3v) is 5.52. The van der Waals surface area contributed by atoms with Gasteiger partial charge in [0.05, 0.1) is 0 Å². The lowest BCUT2D eigenvalue weighted by Gasteiger charge is -2.14. The van der Waals surface area contributed by atoms with Gasteiger partial charge in [0.25, 0.3) is 0 Å². The molecule has 0 aliphatic rings. The number of carbonyl (C=O) groups is 2. The maximum absolute atomic E-state index is 12.1. The lowest BCUT2D eigenvalue weighted by molar-refractivity contribution is -0.141. The van der Waals surface area contributed by atoms with Gasteiger partial charge in [-0.25, -0.2) is 4.79 Å². The maximum atomic E-state index is 12.1. The third kappa shape index (κ3) is 20.7. The molecule has 0 aliphatic carbocycles. The van der Waals surface area contributed by atoms with E-state index in [4.69, 9.17) is 14.4 Å². The van der Waals surface area contributed by atoms with Crippen LogP contribution >= 0.6 is 8.25 Å². The second-order valence-electron chi connectivity index (χ2n) is 8.60. The molecule has 1 aromatic rings. The molecule has 0 bridgehead atoms. The molecule has 0 aliphatic heterocycles. The highest BCUT2D eigenvalue weighted by Crippen LogP contribution is 2.14. The van der Waals surface area contributed by atoms with Gasteiger partial charge in [-0.05, 0) is 24.1 Å². The predicted molar refractivity (Wildman–Crippen MR) is 135 cm³/mol. The molecule has 1 atom stereocenters. The number of hydrogen-bond donors (Lipinski definition) is 5. The summed E-state index contributed by atoms with van der Waals surface area (Å²) in [5, 5.41) is 21.3. The maximum Gasteiger partial charge on any atom is 0.326 e. The number of carboxylic acids is 1. The van der Waals surface area contributed by atoms with Gasteiger partial charge in [-0.1, -0.05) is 96.1 Å². The van der Waals surface area contributed by atoms with Gasteiger partial charge in [0.15, 0.2) is 0 Å². The molecule has 8 nitrogen and oxygen atoms in total. The fourth-order valence-corrected chi connectivity index (χ4v) is 3.64. The smallest absolute Gasteiger partial charge is 0.326 e. The molecule has 0 saturated carbocycles. The summed E-state index contributed by atoms with van der Waals surface area (Å²) in [5.74, 6) is -1.11. The highest BCUT2D eigenvalue weighted by molar-refractivity contribution is 7.30. The summed E-state index contributed by atoms with van der Waals surface area (Å²) in [4.78, 5) is 37.8. The number of benzene rings is 1. The van der Waals surface area contributed by atoms with Crippen molar-refractivity contribution in [1.29, 1.82) is 0 Å². The molecule has 0 aromatic heterocycles. The molecule has 0 spiro atoms. The fraction of sp³-hybridized carbons (Fsp3) is 0.680. The van der Waals surface area contributed by atoms with E-state index in [1.54, 1.807) is 12.1 Å². The lowest BCUT2D eigenvalue weighted by atomic mass is 10.0. The summed E-state index contributed by atoms with van der Waals surface area (Å²) in [5.41, 5.74) is 0.765. The zero-order valence-corrected chi connectivity index (χ0v) is 21.5. The second-order valence-corrected chi connectivity index (χ2v) is 9.17. The molecule has 1 aromatic carbocycles. The van der Waals surface area contributed by atoms with Crippen molar-refractivity contribution >= 4 is 20.1 Å². The van der Waals surface area contributed by atoms with Crippen LogP contribution in [-0.2, 0) is 20.6 Å². The van der Waals surface area contributed by atoms with Gasteiger partial charge in [0.1, 0.15) is 11.8 Å². The van der Waals surface area contributed by atoms with E-state index in [0.29, 0.717) is 6.42 Å². The van der Waals surface area contributed by atoms with Crippen LogP contribution in [0.15, 0.2) is 24.3 Å². The van der Waals surface area contributed by atoms with Gasteiger partial charge >= 0.3 is 14.2 Å². The summed E-state index contributed by atoms with van der Waals surface area (Å²) < 4.78 is 8.74. The minimum Gasteiger partial charge on any atom is -0.508 e. The minimum atomic E-state index is -3.13. The fourth-order valence-electron chi connectivity index (χ4n) is 3.64. The molecule has 0 heterocycles. The first-order valence-electron chi connectivity index (χ1n) is 12.5. The molecular formula is C25H44NO7P. The zero-order chi connectivity index (χ0) is 25.6. The number of carboxylic acid groups (broad SMARTS) is 1. The van der Waals surface area contributed by atoms with Gasteiger partial charge in [-0.3, -0.25) is 9.36 Å². The van der Waals surface area contributed by atoms with Gasteiger partial charge < -0.3 is 25.3 Å². The quantitative estimate of drug-likeness (QED) is 0.135. The highest BCUT2D eigenvalue weighted by Gasteiger charge is 2.20. The largest absolute Gasteiger partial charge is 0.508 e. The normalized spacial score (nSPS) is 11.5. The average molecular weight is 502 g/mol. The number of hydrogen-bond acceptors (Lipinski definition) is 4. The van der Waals surface area contributed by atoms with Crippen LogP contribution in [0.25, 0.3) is 0 Å². The van der Waals surface area contributed by atoms with E-state index in [1.807, 2.05) is 0 Å². The molecule has 34 heavy (non-hydrogen) atoms. The van der Waals surface area contributed by atoms with Crippen molar-refractivity contribution in [2.75, 3.05) is 0 Å². The molecule has 9 heteroatoms. The summed E-state index contributed by atoms with van der Waals surface area (Å²) in [6.07, 6.45) is 16.9. The number of phenols is 1. The van der Waals surface area contributed by atoms with E-state index in [2.05, 4.69) is 12.2 Å². The first-order chi connectivity index (χ1) is 16.3. The van der Waals surface area contributed by atoms with Crippen molar-refractivity contribution in [1.82, 2.24) is 5.32 Å². The molecule has 1 amide bonds. The summed E-state index contributed by atoms with van der Waals surface area (Å²) >= 11 is 0. The topological polar surface area (TPSA) is 144 Å². The highest BCUT2D eigenvalue weighted by atomic mass is 31.1. The number of rotatable bonds is 18. The number of aliphatic carboxylic acids is 1. The Morgan fingerprint density at radius 1 is 0.824 bits per heavy atom. The van der Waals surface area contributed by atoms with E-state index >= 15 is 0 Å². The summed E-state index contributed by atoms with van der Waals surface area (Å²) in [6.45, 7) is 2.25. The van der Waals surface area contributed by atoms with Crippen molar-refractivity contribution < 1.29 is 34.2 Å². The van der Waals surface area contributed by atoms with E-state index in [-0.39, 0.29) is 18.1 Å². The lowest BCUT2D eigenvalue weighted by Crippen LogP contribution is -2.42. The second kappa shape index (κ2) is 21.6. The van der Waals surface area contributed by atoms with Gasteiger partial charge in [-0.2, -0.15) is 0 Å². The first kappa shape index (κ1) is 32.1. The Balaban J connectivity index is 0.00000251. The van der Waals surface area contributed by atoms with Crippen LogP contribution in [0.3, 0.4) is 0 Å². The van der Waals surface area contributed by atoms with E-state index in [1.165, 1.54) is 76.3 Å². The Kier molecular flexibility index (Phi) is 20.4. The van der Waals surface area contributed by atoms with Crippen molar-refractivity contribution in [3.8, 4) is 5.75 Å². The average Bonchev–Trinajstić information content (AvgIpc) is 2.77. The Hall–Kier alpha value is -1.89. The number of nitrogens with one attached hydrogen (secondary N) is 1. The van der Waals surface area contributed by atoms with E-state index in [9.17, 15) is 19.8 Å². The van der Waals surface area contributed by atoms with Gasteiger partial charge in [0.2, 0.25) is 5.91 Å². The molecular weight excluding hydrogens is 457 g/mol. The SMILES string of the molecule is CCCCCCCCCCCCCCCC(=O)NC(Cc1ccc(O)cc1)C(=O)O.O=[PH](O)O. The van der Waals surface area contributed by atoms with Crippen molar-refractivity contribution in [2.45, 2.75) is 109 Å². The number of amides is 1. The van der Waals surface area contributed by atoms with Gasteiger partial charge in [0, 0.05) is 12.8 Å². The Labute approximate surface area is 204 Å². The summed E-state index contributed by atoms with van der Waals surface area (Å²) in [6, 6.07) is 5.44. The molecule has 1 rings (SSSR count). The van der Waals surface area contributed by atoms with Crippen LogP contribution in [0, 0.1) is 0 Å². The number of carbonyl (C=O) groups excluding carboxylic acids is 1. The monoisotopic (exact) mass is 501 g/mol. The van der Waals surface area contributed by atoms with Crippen LogP contribution < -0.4 is 5.32 Å². The Morgan fingerprint density at radius 2 is 1.24 bits per heavy atom. The van der Waals surface area contributed by atoms with Crippen LogP contribution in [0.1, 0.15) is 102 Å². The third-order valence-electron chi connectivity index (χ3n) is 5.52. The van der Waals surface area contributed by atoms with Crippen molar-refractivity contribution in [2.24, 2.45) is 0 Å². The predicted octanol–water partition coefficient (Wildman–Crippen LogP) is 5.35. The van der Waals surface area contributed by atoms with Crippen LogP contribution in [0.4, 0.5) is 0 Å². The number of unbranched alkanes of at least 4 members (excludes halogenated alkanes) is 12. The molecule has 196 valence electrons. The van der Waals surface area contributed by atoms with Crippen molar-refractivity contribution in [3.63, 3.8) is 0 Å². The molecule has 0 saturated heterocycles. The van der Waals surface area contributed by atoms with Crippen molar-refractivity contribution in [3.05, 3.63) is 29.8 Å². The standard InChI is InChI=1S/C25H41NO4.H3O3P/c1-2-3-4-5-6-7-8-9-10-11-12-13-14-15-24(28)26-23(25(29)30)20-21-16-18-22(27)19-17-21;1-4(2)3/h16-19,23,27H,2-15,20H2,1H3,(H,26,28)(H,29,30);4H,(H2,1,2,3).